The van der Waals surface area contributed by atoms with Gasteiger partial charge in [0.05, 0.1) is 0 Å². The Morgan fingerprint density at radius 2 is 1.54 bits per heavy atom. The summed E-state index contributed by atoms with van der Waals surface area (Å²) in [5.41, 5.74) is 3.36. The molecule has 1 aromatic rings. The second-order valence-electron chi connectivity index (χ2n) is 8.57. The molecule has 0 N–H and O–H groups in total. The summed E-state index contributed by atoms with van der Waals surface area (Å²) in [5, 5.41) is 0. The van der Waals surface area contributed by atoms with E-state index in [1.165, 1.54) is 63.1 Å². The average molecular weight is 330 g/mol. The number of nitrogens with zero attached hydrogens (tertiary/aromatic N) is 3. The van der Waals surface area contributed by atoms with E-state index in [0.717, 1.165) is 12.5 Å². The van der Waals surface area contributed by atoms with Gasteiger partial charge in [0.15, 0.2) is 0 Å². The summed E-state index contributed by atoms with van der Waals surface area (Å²) in [4.78, 5) is 7.79. The quantitative estimate of drug-likeness (QED) is 0.840. The summed E-state index contributed by atoms with van der Waals surface area (Å²) in [6.07, 6.45) is 3.80. The molecule has 2 aliphatic heterocycles. The Balaban J connectivity index is 1.53. The summed E-state index contributed by atoms with van der Waals surface area (Å²) in [7, 11) is 4.61. The molecule has 0 unspecified atom stereocenters. The first kappa shape index (κ1) is 17.9. The van der Waals surface area contributed by atoms with Crippen LogP contribution in [0.1, 0.15) is 37.8 Å². The number of piperazine rings is 1. The van der Waals surface area contributed by atoms with E-state index in [-0.39, 0.29) is 0 Å². The summed E-state index contributed by atoms with van der Waals surface area (Å²) in [6.45, 7) is 11.8. The molecule has 1 aromatic carbocycles. The Kier molecular flexibility index (Phi) is 5.63. The predicted molar refractivity (Wildman–Crippen MR) is 102 cm³/mol. The molecule has 0 saturated carbocycles. The third-order valence-corrected chi connectivity index (χ3v) is 6.05. The Labute approximate surface area is 148 Å². The highest BCUT2D eigenvalue weighted by Gasteiger charge is 2.41. The highest BCUT2D eigenvalue weighted by molar-refractivity contribution is 5.23. The maximum absolute atomic E-state index is 2.64. The number of benzene rings is 1. The monoisotopic (exact) mass is 329 g/mol. The Bertz CT molecular complexity index is 514. The molecule has 0 amide bonds. The maximum atomic E-state index is 2.64. The van der Waals surface area contributed by atoms with Crippen LogP contribution in [0.2, 0.25) is 0 Å². The first-order chi connectivity index (χ1) is 11.5. The molecule has 0 atom stereocenters. The second kappa shape index (κ2) is 7.55. The van der Waals surface area contributed by atoms with Gasteiger partial charge in [-0.2, -0.15) is 0 Å². The largest absolute Gasteiger partial charge is 0.303 e. The van der Waals surface area contributed by atoms with Crippen LogP contribution >= 0.6 is 0 Å². The van der Waals surface area contributed by atoms with Crippen molar-refractivity contribution in [2.75, 3.05) is 46.8 Å². The summed E-state index contributed by atoms with van der Waals surface area (Å²) < 4.78 is 0. The van der Waals surface area contributed by atoms with Crippen LogP contribution in [0.15, 0.2) is 24.3 Å². The third-order valence-electron chi connectivity index (χ3n) is 6.05. The lowest BCUT2D eigenvalue weighted by atomic mass is 9.83. The minimum absolute atomic E-state index is 0.421. The van der Waals surface area contributed by atoms with Gasteiger partial charge in [0.2, 0.25) is 0 Å². The Morgan fingerprint density at radius 1 is 0.917 bits per heavy atom. The number of hydrogen-bond acceptors (Lipinski definition) is 3. The molecule has 134 valence electrons. The molecular weight excluding hydrogens is 294 g/mol. The lowest BCUT2D eigenvalue weighted by Gasteiger charge is -2.52. The molecule has 3 heteroatoms. The van der Waals surface area contributed by atoms with E-state index in [0.29, 0.717) is 5.54 Å². The fraction of sp³-hybridized carbons (Fsp3) is 0.714. The molecule has 3 nitrogen and oxygen atoms in total. The Morgan fingerprint density at radius 3 is 2.17 bits per heavy atom. The van der Waals surface area contributed by atoms with E-state index in [2.05, 4.69) is 66.9 Å². The van der Waals surface area contributed by atoms with Gasteiger partial charge >= 0.3 is 0 Å². The smallest absolute Gasteiger partial charge is 0.0358 e. The third kappa shape index (κ3) is 4.19. The van der Waals surface area contributed by atoms with Crippen molar-refractivity contribution >= 4 is 0 Å². The van der Waals surface area contributed by atoms with Crippen molar-refractivity contribution in [2.24, 2.45) is 5.92 Å². The average Bonchev–Trinajstić information content (AvgIpc) is 2.55. The number of likely N-dealkylation sites (N-methyl/N-ethyl adjacent to an activating group) is 2. The minimum atomic E-state index is 0.421. The van der Waals surface area contributed by atoms with Gasteiger partial charge in [-0.1, -0.05) is 38.1 Å². The molecule has 24 heavy (non-hydrogen) atoms. The topological polar surface area (TPSA) is 9.72 Å². The van der Waals surface area contributed by atoms with Crippen molar-refractivity contribution in [1.82, 2.24) is 14.7 Å². The van der Waals surface area contributed by atoms with Crippen LogP contribution in [-0.2, 0) is 13.0 Å². The number of rotatable bonds is 4. The van der Waals surface area contributed by atoms with E-state index < -0.39 is 0 Å². The van der Waals surface area contributed by atoms with Gasteiger partial charge in [-0.25, -0.2) is 0 Å². The van der Waals surface area contributed by atoms with Crippen LogP contribution in [0.3, 0.4) is 0 Å². The molecule has 0 bridgehead atoms. The van der Waals surface area contributed by atoms with Crippen molar-refractivity contribution in [3.8, 4) is 0 Å². The Hall–Kier alpha value is -0.900. The highest BCUT2D eigenvalue weighted by Crippen LogP contribution is 2.31. The predicted octanol–water partition coefficient (Wildman–Crippen LogP) is 3.10. The van der Waals surface area contributed by atoms with Crippen molar-refractivity contribution in [3.63, 3.8) is 0 Å². The summed E-state index contributed by atoms with van der Waals surface area (Å²) in [6, 6.07) is 9.32. The van der Waals surface area contributed by atoms with Crippen molar-refractivity contribution in [2.45, 2.75) is 45.2 Å². The van der Waals surface area contributed by atoms with Crippen LogP contribution in [-0.4, -0.2) is 67.1 Å². The molecule has 1 spiro atoms. The fourth-order valence-corrected chi connectivity index (χ4v) is 4.44. The van der Waals surface area contributed by atoms with E-state index in [1.807, 2.05) is 0 Å². The van der Waals surface area contributed by atoms with Gasteiger partial charge in [-0.3, -0.25) is 9.80 Å². The highest BCUT2D eigenvalue weighted by atomic mass is 15.3. The molecule has 3 rings (SSSR count). The standard InChI is InChI=1S/C21H35N3/c1-18(2)15-19-5-7-20(8-6-19)16-24-11-9-21(10-12-24)17-22(3)13-14-23(21)4/h5-8,18H,9-17H2,1-4H3. The lowest BCUT2D eigenvalue weighted by molar-refractivity contribution is -0.0205. The van der Waals surface area contributed by atoms with Crippen LogP contribution in [0, 0.1) is 5.92 Å². The summed E-state index contributed by atoms with van der Waals surface area (Å²) >= 11 is 0. The van der Waals surface area contributed by atoms with Crippen molar-refractivity contribution in [1.29, 1.82) is 0 Å². The van der Waals surface area contributed by atoms with Crippen LogP contribution in [0.5, 0.6) is 0 Å². The zero-order valence-electron chi connectivity index (χ0n) is 16.1. The fourth-order valence-electron chi connectivity index (χ4n) is 4.44. The minimum Gasteiger partial charge on any atom is -0.303 e. The molecule has 2 heterocycles. The van der Waals surface area contributed by atoms with Gasteiger partial charge in [0.25, 0.3) is 0 Å². The number of hydrogen-bond donors (Lipinski definition) is 0. The van der Waals surface area contributed by atoms with Crippen LogP contribution in [0.25, 0.3) is 0 Å². The molecule has 0 aliphatic carbocycles. The van der Waals surface area contributed by atoms with Crippen LogP contribution < -0.4 is 0 Å². The first-order valence-electron chi connectivity index (χ1n) is 9.67. The molecule has 2 aliphatic rings. The number of piperidine rings is 1. The van der Waals surface area contributed by atoms with Gasteiger partial charge in [-0.05, 0) is 50.4 Å². The zero-order valence-corrected chi connectivity index (χ0v) is 16.1. The molecule has 2 saturated heterocycles. The second-order valence-corrected chi connectivity index (χ2v) is 8.57. The molecule has 0 radical (unpaired) electrons. The lowest BCUT2D eigenvalue weighted by Crippen LogP contribution is -2.63. The molecular formula is C21H35N3. The van der Waals surface area contributed by atoms with Gasteiger partial charge in [-0.15, -0.1) is 0 Å². The molecule has 2 fully saturated rings. The summed E-state index contributed by atoms with van der Waals surface area (Å²) in [5.74, 6) is 0.736. The SMILES string of the molecule is CC(C)Cc1ccc(CN2CCC3(CC2)CN(C)CCN3C)cc1. The van der Waals surface area contributed by atoms with Gasteiger partial charge in [0, 0.05) is 44.8 Å². The zero-order chi connectivity index (χ0) is 17.2. The maximum Gasteiger partial charge on any atom is 0.0358 e. The van der Waals surface area contributed by atoms with E-state index in [1.54, 1.807) is 0 Å². The van der Waals surface area contributed by atoms with E-state index in [4.69, 9.17) is 0 Å². The van der Waals surface area contributed by atoms with Crippen molar-refractivity contribution < 1.29 is 0 Å². The molecule has 0 aromatic heterocycles. The van der Waals surface area contributed by atoms with E-state index >= 15 is 0 Å². The van der Waals surface area contributed by atoms with Crippen LogP contribution in [0.4, 0.5) is 0 Å². The first-order valence-corrected chi connectivity index (χ1v) is 9.67. The van der Waals surface area contributed by atoms with Gasteiger partial charge in [0.1, 0.15) is 0 Å². The van der Waals surface area contributed by atoms with Crippen molar-refractivity contribution in [3.05, 3.63) is 35.4 Å². The normalized spacial score (nSPS) is 23.2. The van der Waals surface area contributed by atoms with E-state index in [9.17, 15) is 0 Å². The van der Waals surface area contributed by atoms with Gasteiger partial charge < -0.3 is 4.90 Å². The number of likely N-dealkylation sites (tertiary alicyclic amines) is 1.